The van der Waals surface area contributed by atoms with Gasteiger partial charge in [0.2, 0.25) is 5.82 Å². The quantitative estimate of drug-likeness (QED) is 0.471. The maximum Gasteiger partial charge on any atom is 0.258 e. The van der Waals surface area contributed by atoms with E-state index in [2.05, 4.69) is 33.9 Å². The van der Waals surface area contributed by atoms with Crippen LogP contribution >= 0.6 is 11.6 Å². The lowest BCUT2D eigenvalue weighted by Crippen LogP contribution is -2.26. The van der Waals surface area contributed by atoms with E-state index in [9.17, 15) is 0 Å². The fourth-order valence-electron chi connectivity index (χ4n) is 2.81. The molecule has 0 aliphatic rings. The largest absolute Gasteiger partial charge is 0.493 e. The molecule has 0 aliphatic carbocycles. The molecular weight excluding hydrogens is 404 g/mol. The highest BCUT2D eigenvalue weighted by Crippen LogP contribution is 2.39. The van der Waals surface area contributed by atoms with Crippen LogP contribution in [0.4, 0.5) is 5.82 Å². The van der Waals surface area contributed by atoms with Crippen LogP contribution in [0.15, 0.2) is 28.8 Å². The Balaban J connectivity index is 1.92. The van der Waals surface area contributed by atoms with Crippen molar-refractivity contribution in [2.24, 2.45) is 0 Å². The molecule has 160 valence electrons. The number of anilines is 1. The second-order valence-corrected chi connectivity index (χ2v) is 7.48. The van der Waals surface area contributed by atoms with E-state index in [1.54, 1.807) is 12.1 Å². The molecule has 1 atom stereocenters. The Labute approximate surface area is 184 Å². The fraction of sp³-hybridized carbons (Fsp3) is 0.409. The molecule has 0 amide bonds. The van der Waals surface area contributed by atoms with Crippen molar-refractivity contribution in [1.82, 2.24) is 15.1 Å². The van der Waals surface area contributed by atoms with Crippen molar-refractivity contribution < 1.29 is 16.7 Å². The van der Waals surface area contributed by atoms with Gasteiger partial charge in [0, 0.05) is 32.7 Å². The van der Waals surface area contributed by atoms with Crippen LogP contribution in [0.1, 0.15) is 35.6 Å². The van der Waals surface area contributed by atoms with Gasteiger partial charge in [-0.3, -0.25) is 0 Å². The lowest BCUT2D eigenvalue weighted by molar-refractivity contribution is 0.294. The lowest BCUT2D eigenvalue weighted by Gasteiger charge is -2.23. The molecule has 0 spiro atoms. The highest BCUT2D eigenvalue weighted by atomic mass is 35.5. The van der Waals surface area contributed by atoms with Gasteiger partial charge in [-0.15, -0.1) is 0 Å². The molecule has 0 saturated heterocycles. The number of rotatable bonds is 8. The highest BCUT2D eigenvalue weighted by Gasteiger charge is 2.18. The predicted octanol–water partition coefficient (Wildman–Crippen LogP) is 5.40. The number of aromatic nitrogens is 3. The second-order valence-electron chi connectivity index (χ2n) is 7.07. The summed E-state index contributed by atoms with van der Waals surface area (Å²) < 4.78 is 31.5. The Kier molecular flexibility index (Phi) is 5.97. The van der Waals surface area contributed by atoms with E-state index in [0.29, 0.717) is 33.8 Å². The minimum absolute atomic E-state index is 0.0415. The minimum atomic E-state index is -0.668. The summed E-state index contributed by atoms with van der Waals surface area (Å²) >= 11 is 6.41. The highest BCUT2D eigenvalue weighted by molar-refractivity contribution is 6.32. The maximum absolute atomic E-state index is 7.67. The standard InChI is InChI=1S/C22H27ClN4O3/c1-7-8-29-20-17(23)10-15(11-18(20)28-6)21-25-22(30-26-21)16-9-14(4)24-19(12-16)27(5)13(2)3/h9-13H,7-8H2,1-6H3/i1D,7D/t7-/m1/s1. The Hall–Kier alpha value is -2.80. The average Bonchev–Trinajstić information content (AvgIpc) is 3.26. The van der Waals surface area contributed by atoms with Gasteiger partial charge in [-0.05, 0) is 51.4 Å². The molecule has 8 heteroatoms. The molecule has 0 unspecified atom stereocenters. The molecule has 3 aromatic rings. The van der Waals surface area contributed by atoms with E-state index in [-0.39, 0.29) is 19.5 Å². The zero-order chi connectivity index (χ0) is 23.4. The van der Waals surface area contributed by atoms with Crippen molar-refractivity contribution in [1.29, 1.82) is 0 Å². The average molecular weight is 433 g/mol. The first-order valence-corrected chi connectivity index (χ1v) is 9.89. The van der Waals surface area contributed by atoms with E-state index >= 15 is 0 Å². The van der Waals surface area contributed by atoms with Crippen molar-refractivity contribution in [2.45, 2.75) is 40.1 Å². The number of nitrogens with zero attached hydrogens (tertiary/aromatic N) is 4. The van der Waals surface area contributed by atoms with Crippen LogP contribution < -0.4 is 14.4 Å². The number of hydrogen-bond acceptors (Lipinski definition) is 7. The predicted molar refractivity (Wildman–Crippen MR) is 119 cm³/mol. The van der Waals surface area contributed by atoms with Gasteiger partial charge < -0.3 is 18.9 Å². The van der Waals surface area contributed by atoms with Crippen LogP contribution in [0.2, 0.25) is 5.02 Å². The summed E-state index contributed by atoms with van der Waals surface area (Å²) in [5.41, 5.74) is 2.22. The zero-order valence-corrected chi connectivity index (χ0v) is 18.5. The summed E-state index contributed by atoms with van der Waals surface area (Å²) in [4.78, 5) is 11.2. The first kappa shape index (κ1) is 19.2. The van der Waals surface area contributed by atoms with Gasteiger partial charge in [0.15, 0.2) is 11.5 Å². The fourth-order valence-corrected chi connectivity index (χ4v) is 3.07. The summed E-state index contributed by atoms with van der Waals surface area (Å²) in [6.07, 6.45) is -0.668. The lowest BCUT2D eigenvalue weighted by atomic mass is 10.2. The van der Waals surface area contributed by atoms with E-state index < -0.39 is 6.40 Å². The topological polar surface area (TPSA) is 73.5 Å². The van der Waals surface area contributed by atoms with Gasteiger partial charge in [0.25, 0.3) is 5.89 Å². The monoisotopic (exact) mass is 432 g/mol. The Morgan fingerprint density at radius 3 is 2.73 bits per heavy atom. The van der Waals surface area contributed by atoms with Crippen molar-refractivity contribution in [3.8, 4) is 34.3 Å². The van der Waals surface area contributed by atoms with E-state index in [1.165, 1.54) is 7.11 Å². The third-order valence-electron chi connectivity index (χ3n) is 4.58. The molecule has 0 aliphatic heterocycles. The first-order valence-electron chi connectivity index (χ1n) is 10.8. The summed E-state index contributed by atoms with van der Waals surface area (Å²) in [6, 6.07) is 7.45. The van der Waals surface area contributed by atoms with Crippen LogP contribution in [-0.2, 0) is 0 Å². The van der Waals surface area contributed by atoms with Crippen molar-refractivity contribution in [3.63, 3.8) is 0 Å². The van der Waals surface area contributed by atoms with Crippen LogP contribution in [0.25, 0.3) is 22.8 Å². The molecule has 0 saturated carbocycles. The normalized spacial score (nSPS) is 13.0. The molecule has 3 rings (SSSR count). The SMILES string of the molecule is [2H]C[C@@H]([2H])COc1c(Cl)cc(-c2noc(-c3cc(C)nc(N(C)C(C)C)c3)n2)cc1OC. The number of benzene rings is 1. The van der Waals surface area contributed by atoms with Gasteiger partial charge in [0.1, 0.15) is 5.82 Å². The smallest absolute Gasteiger partial charge is 0.258 e. The van der Waals surface area contributed by atoms with Crippen molar-refractivity contribution in [3.05, 3.63) is 35.0 Å². The summed E-state index contributed by atoms with van der Waals surface area (Å²) in [5, 5.41) is 4.40. The third kappa shape index (κ3) is 4.67. The van der Waals surface area contributed by atoms with Crippen LogP contribution in [-0.4, -0.2) is 41.9 Å². The number of halogens is 1. The molecule has 2 aromatic heterocycles. The van der Waals surface area contributed by atoms with Crippen LogP contribution in [0.3, 0.4) is 0 Å². The van der Waals surface area contributed by atoms with Crippen molar-refractivity contribution in [2.75, 3.05) is 25.7 Å². The Bertz CT molecular complexity index is 1080. The number of methoxy groups -OCH3 is 1. The maximum atomic E-state index is 7.67. The van der Waals surface area contributed by atoms with Crippen LogP contribution in [0.5, 0.6) is 11.5 Å². The first-order chi connectivity index (χ1) is 15.2. The van der Waals surface area contributed by atoms with E-state index in [1.807, 2.05) is 26.1 Å². The molecule has 30 heavy (non-hydrogen) atoms. The zero-order valence-electron chi connectivity index (χ0n) is 19.8. The molecule has 1 aromatic carbocycles. The Morgan fingerprint density at radius 2 is 2.03 bits per heavy atom. The van der Waals surface area contributed by atoms with Crippen LogP contribution in [0, 0.1) is 6.92 Å². The van der Waals surface area contributed by atoms with Gasteiger partial charge in [-0.2, -0.15) is 4.98 Å². The number of ether oxygens (including phenoxy) is 2. The van der Waals surface area contributed by atoms with Gasteiger partial charge in [0.05, 0.1) is 18.7 Å². The molecule has 0 fully saturated rings. The molecule has 0 N–H and O–H groups in total. The molecular formula is C22H27ClN4O3. The van der Waals surface area contributed by atoms with E-state index in [0.717, 1.165) is 17.1 Å². The van der Waals surface area contributed by atoms with Gasteiger partial charge >= 0.3 is 0 Å². The molecule has 7 nitrogen and oxygen atoms in total. The molecule has 2 heterocycles. The minimum Gasteiger partial charge on any atom is -0.493 e. The van der Waals surface area contributed by atoms with Gasteiger partial charge in [-0.1, -0.05) is 23.7 Å². The Morgan fingerprint density at radius 1 is 1.23 bits per heavy atom. The van der Waals surface area contributed by atoms with Crippen molar-refractivity contribution >= 4 is 17.4 Å². The number of hydrogen-bond donors (Lipinski definition) is 0. The molecule has 0 bridgehead atoms. The number of aryl methyl sites for hydroxylation is 1. The molecule has 0 radical (unpaired) electrons. The summed E-state index contributed by atoms with van der Waals surface area (Å²) in [7, 11) is 3.49. The second kappa shape index (κ2) is 9.34. The van der Waals surface area contributed by atoms with Gasteiger partial charge in [-0.25, -0.2) is 4.98 Å². The number of pyridine rings is 1. The summed E-state index contributed by atoms with van der Waals surface area (Å²) in [5.74, 6) is 2.24. The third-order valence-corrected chi connectivity index (χ3v) is 4.86. The summed E-state index contributed by atoms with van der Waals surface area (Å²) in [6.45, 7) is 6.09. The van der Waals surface area contributed by atoms with E-state index in [4.69, 9.17) is 28.3 Å².